The standard InChI is InChI=1S/C35H70N2O2/c1-5-7-9-11-13-15-17-18-20-21-23-25-27-29-34(38)36-31-33(32(3)4)37-35(39)30-28-26-24-22-19-16-14-12-10-8-6-2/h32-33H,5-31H2,1-4H3,(H,36,38)(H,37,39)/t33-/m0/s1. The number of carbonyl (C=O) groups is 2. The Morgan fingerprint density at radius 3 is 1.10 bits per heavy atom. The van der Waals surface area contributed by atoms with Crippen LogP contribution in [0.25, 0.3) is 0 Å². The van der Waals surface area contributed by atoms with Crippen LogP contribution in [0, 0.1) is 5.92 Å². The van der Waals surface area contributed by atoms with Crippen LogP contribution in [0.4, 0.5) is 0 Å². The molecule has 0 saturated carbocycles. The maximum absolute atomic E-state index is 12.4. The number of nitrogens with one attached hydrogen (secondary N) is 2. The molecule has 39 heavy (non-hydrogen) atoms. The summed E-state index contributed by atoms with van der Waals surface area (Å²) in [5.41, 5.74) is 0. The molecule has 0 fully saturated rings. The zero-order valence-electron chi connectivity index (χ0n) is 27.1. The Bertz CT molecular complexity index is 535. The van der Waals surface area contributed by atoms with E-state index < -0.39 is 0 Å². The van der Waals surface area contributed by atoms with E-state index in [-0.39, 0.29) is 17.9 Å². The predicted molar refractivity (Wildman–Crippen MR) is 171 cm³/mol. The van der Waals surface area contributed by atoms with Crippen molar-refractivity contribution in [2.75, 3.05) is 6.54 Å². The summed E-state index contributed by atoms with van der Waals surface area (Å²) in [5.74, 6) is 0.571. The molecule has 2 amide bonds. The number of unbranched alkanes of at least 4 members (excludes halogenated alkanes) is 22. The van der Waals surface area contributed by atoms with E-state index in [1.807, 2.05) is 0 Å². The second-order valence-electron chi connectivity index (χ2n) is 12.5. The fourth-order valence-electron chi connectivity index (χ4n) is 5.30. The van der Waals surface area contributed by atoms with Crippen molar-refractivity contribution in [3.05, 3.63) is 0 Å². The van der Waals surface area contributed by atoms with E-state index in [0.29, 0.717) is 25.3 Å². The lowest BCUT2D eigenvalue weighted by Gasteiger charge is -2.23. The van der Waals surface area contributed by atoms with E-state index >= 15 is 0 Å². The Balaban J connectivity index is 3.67. The normalized spacial score (nSPS) is 12.1. The number of amides is 2. The van der Waals surface area contributed by atoms with Crippen molar-refractivity contribution < 1.29 is 9.59 Å². The average molecular weight is 551 g/mol. The van der Waals surface area contributed by atoms with E-state index in [4.69, 9.17) is 0 Å². The first-order chi connectivity index (χ1) is 19.0. The molecular formula is C35H70N2O2. The summed E-state index contributed by atoms with van der Waals surface area (Å²) in [6, 6.07) is 0.0146. The third-order valence-electron chi connectivity index (χ3n) is 8.19. The van der Waals surface area contributed by atoms with Crippen LogP contribution in [0.5, 0.6) is 0 Å². The molecule has 0 aromatic rings. The predicted octanol–water partition coefficient (Wildman–Crippen LogP) is 10.4. The molecule has 0 bridgehead atoms. The maximum Gasteiger partial charge on any atom is 0.220 e. The van der Waals surface area contributed by atoms with Crippen molar-refractivity contribution in [1.82, 2.24) is 10.6 Å². The highest BCUT2D eigenvalue weighted by Crippen LogP contribution is 2.14. The summed E-state index contributed by atoms with van der Waals surface area (Å²) in [5, 5.41) is 6.24. The van der Waals surface area contributed by atoms with Crippen molar-refractivity contribution in [2.45, 2.75) is 201 Å². The summed E-state index contributed by atoms with van der Waals surface area (Å²) in [6.45, 7) is 9.32. The van der Waals surface area contributed by atoms with Gasteiger partial charge < -0.3 is 10.6 Å². The lowest BCUT2D eigenvalue weighted by Crippen LogP contribution is -2.46. The molecule has 0 unspecified atom stereocenters. The van der Waals surface area contributed by atoms with Crippen molar-refractivity contribution in [1.29, 1.82) is 0 Å². The van der Waals surface area contributed by atoms with Crippen LogP contribution in [0.2, 0.25) is 0 Å². The lowest BCUT2D eigenvalue weighted by molar-refractivity contribution is -0.124. The van der Waals surface area contributed by atoms with Gasteiger partial charge in [-0.3, -0.25) is 9.59 Å². The molecule has 0 aromatic heterocycles. The third kappa shape index (κ3) is 28.3. The molecule has 4 nitrogen and oxygen atoms in total. The number of rotatable bonds is 30. The smallest absolute Gasteiger partial charge is 0.220 e. The molecular weight excluding hydrogens is 480 g/mol. The van der Waals surface area contributed by atoms with Gasteiger partial charge in [0.2, 0.25) is 11.8 Å². The van der Waals surface area contributed by atoms with Crippen LogP contribution >= 0.6 is 0 Å². The first-order valence-electron chi connectivity index (χ1n) is 17.6. The summed E-state index contributed by atoms with van der Waals surface area (Å²) >= 11 is 0. The molecule has 0 aliphatic heterocycles. The molecule has 0 spiro atoms. The van der Waals surface area contributed by atoms with E-state index in [2.05, 4.69) is 38.3 Å². The van der Waals surface area contributed by atoms with Gasteiger partial charge in [0.25, 0.3) is 0 Å². The van der Waals surface area contributed by atoms with Gasteiger partial charge >= 0.3 is 0 Å². The van der Waals surface area contributed by atoms with E-state index in [1.54, 1.807) is 0 Å². The highest BCUT2D eigenvalue weighted by Gasteiger charge is 2.17. The van der Waals surface area contributed by atoms with Gasteiger partial charge in [0.1, 0.15) is 0 Å². The van der Waals surface area contributed by atoms with Crippen LogP contribution in [0.1, 0.15) is 195 Å². The molecule has 0 rings (SSSR count). The van der Waals surface area contributed by atoms with Gasteiger partial charge in [0.15, 0.2) is 0 Å². The quantitative estimate of drug-likeness (QED) is 0.0874. The number of carbonyl (C=O) groups excluding carboxylic acids is 2. The molecule has 2 N–H and O–H groups in total. The fraction of sp³-hybridized carbons (Fsp3) is 0.943. The van der Waals surface area contributed by atoms with E-state index in [9.17, 15) is 9.59 Å². The van der Waals surface area contributed by atoms with Crippen molar-refractivity contribution in [2.24, 2.45) is 5.92 Å². The zero-order chi connectivity index (χ0) is 28.8. The fourth-order valence-corrected chi connectivity index (χ4v) is 5.30. The third-order valence-corrected chi connectivity index (χ3v) is 8.19. The van der Waals surface area contributed by atoms with Crippen LogP contribution in [0.15, 0.2) is 0 Å². The molecule has 0 aliphatic carbocycles. The van der Waals surface area contributed by atoms with Crippen LogP contribution in [-0.2, 0) is 9.59 Å². The Kier molecular flexibility index (Phi) is 29.1. The summed E-state index contributed by atoms with van der Waals surface area (Å²) in [4.78, 5) is 24.8. The van der Waals surface area contributed by atoms with E-state index in [0.717, 1.165) is 25.7 Å². The van der Waals surface area contributed by atoms with Gasteiger partial charge in [0, 0.05) is 25.4 Å². The highest BCUT2D eigenvalue weighted by molar-refractivity contribution is 5.77. The first kappa shape index (κ1) is 37.9. The lowest BCUT2D eigenvalue weighted by atomic mass is 10.0. The Morgan fingerprint density at radius 1 is 0.462 bits per heavy atom. The van der Waals surface area contributed by atoms with E-state index in [1.165, 1.54) is 128 Å². The van der Waals surface area contributed by atoms with Gasteiger partial charge in [0.05, 0.1) is 0 Å². The molecule has 0 aliphatic rings. The maximum atomic E-state index is 12.4. The second kappa shape index (κ2) is 29.9. The first-order valence-corrected chi connectivity index (χ1v) is 17.6. The van der Waals surface area contributed by atoms with Crippen molar-refractivity contribution in [3.8, 4) is 0 Å². The number of hydrogen-bond acceptors (Lipinski definition) is 2. The largest absolute Gasteiger partial charge is 0.354 e. The van der Waals surface area contributed by atoms with Crippen molar-refractivity contribution >= 4 is 11.8 Å². The Hall–Kier alpha value is -1.06. The number of hydrogen-bond donors (Lipinski definition) is 2. The molecule has 232 valence electrons. The van der Waals surface area contributed by atoms with Gasteiger partial charge in [-0.1, -0.05) is 169 Å². The molecule has 0 aromatic carbocycles. The van der Waals surface area contributed by atoms with Crippen molar-refractivity contribution in [3.63, 3.8) is 0 Å². The molecule has 0 radical (unpaired) electrons. The summed E-state index contributed by atoms with van der Waals surface area (Å²) in [6.07, 6.45) is 32.6. The minimum absolute atomic E-state index is 0.0146. The molecule has 0 heterocycles. The van der Waals surface area contributed by atoms with Gasteiger partial charge in [-0.15, -0.1) is 0 Å². The monoisotopic (exact) mass is 551 g/mol. The summed E-state index contributed by atoms with van der Waals surface area (Å²) in [7, 11) is 0. The highest BCUT2D eigenvalue weighted by atomic mass is 16.2. The SMILES string of the molecule is CCCCCCCCCCCCCCCC(=O)NC[C@H](NC(=O)CCCCCCCCCCCCC)C(C)C. The van der Waals surface area contributed by atoms with Gasteiger partial charge in [-0.05, 0) is 18.8 Å². The van der Waals surface area contributed by atoms with Crippen LogP contribution < -0.4 is 10.6 Å². The topological polar surface area (TPSA) is 58.2 Å². The Morgan fingerprint density at radius 2 is 0.769 bits per heavy atom. The minimum Gasteiger partial charge on any atom is -0.354 e. The van der Waals surface area contributed by atoms with Crippen LogP contribution in [0.3, 0.4) is 0 Å². The Labute approximate surface area is 245 Å². The zero-order valence-corrected chi connectivity index (χ0v) is 27.1. The molecule has 0 saturated heterocycles. The second-order valence-corrected chi connectivity index (χ2v) is 12.5. The van der Waals surface area contributed by atoms with Gasteiger partial charge in [-0.2, -0.15) is 0 Å². The summed E-state index contributed by atoms with van der Waals surface area (Å²) < 4.78 is 0. The molecule has 4 heteroatoms. The molecule has 1 atom stereocenters. The average Bonchev–Trinajstić information content (AvgIpc) is 2.92. The van der Waals surface area contributed by atoms with Crippen LogP contribution in [-0.4, -0.2) is 24.4 Å². The minimum atomic E-state index is 0.0146. The van der Waals surface area contributed by atoms with Gasteiger partial charge in [-0.25, -0.2) is 0 Å².